The Kier molecular flexibility index (Phi) is 2.02. The van der Waals surface area contributed by atoms with Crippen LogP contribution in [0.2, 0.25) is 0 Å². The van der Waals surface area contributed by atoms with E-state index < -0.39 is 0 Å². The quantitative estimate of drug-likeness (QED) is 0.667. The summed E-state index contributed by atoms with van der Waals surface area (Å²) < 4.78 is 13.0. The number of anilines is 1. The van der Waals surface area contributed by atoms with E-state index in [1.165, 1.54) is 6.07 Å². The van der Waals surface area contributed by atoms with E-state index in [-0.39, 0.29) is 11.4 Å². The van der Waals surface area contributed by atoms with Crippen LogP contribution < -0.4 is 5.32 Å². The molecule has 2 rings (SSSR count). The maximum absolute atomic E-state index is 13.0. The highest BCUT2D eigenvalue weighted by Crippen LogP contribution is 2.34. The van der Waals surface area contributed by atoms with Crippen molar-refractivity contribution in [3.63, 3.8) is 0 Å². The van der Waals surface area contributed by atoms with Gasteiger partial charge < -0.3 is 5.32 Å². The van der Waals surface area contributed by atoms with Gasteiger partial charge in [-0.2, -0.15) is 0 Å². The lowest BCUT2D eigenvalue weighted by Gasteiger charge is -2.39. The maximum Gasteiger partial charge on any atom is 0.123 e. The first-order valence-corrected chi connectivity index (χ1v) is 5.05. The van der Waals surface area contributed by atoms with Crippen LogP contribution in [0.5, 0.6) is 0 Å². The second-order valence-electron chi connectivity index (χ2n) is 4.75. The molecule has 1 unspecified atom stereocenters. The largest absolute Gasteiger partial charge is 0.380 e. The lowest BCUT2D eigenvalue weighted by molar-refractivity contribution is 0.361. The van der Waals surface area contributed by atoms with Gasteiger partial charge in [0.25, 0.3) is 0 Å². The van der Waals surface area contributed by atoms with Crippen molar-refractivity contribution < 1.29 is 4.39 Å². The third kappa shape index (κ3) is 1.49. The number of hydrogen-bond donors (Lipinski definition) is 1. The van der Waals surface area contributed by atoms with Gasteiger partial charge in [-0.15, -0.1) is 0 Å². The Hall–Kier alpha value is -1.05. The zero-order valence-corrected chi connectivity index (χ0v) is 8.89. The summed E-state index contributed by atoms with van der Waals surface area (Å²) in [6, 6.07) is 4.98. The van der Waals surface area contributed by atoms with Crippen LogP contribution in [0.1, 0.15) is 26.3 Å². The molecule has 0 aliphatic carbocycles. The SMILES string of the molecule is CC1Cc2cc(F)ccc2NC1(C)C. The van der Waals surface area contributed by atoms with Crippen LogP contribution in [0, 0.1) is 11.7 Å². The fraction of sp³-hybridized carbons (Fsp3) is 0.500. The van der Waals surface area contributed by atoms with Gasteiger partial charge in [0.15, 0.2) is 0 Å². The van der Waals surface area contributed by atoms with Crippen LogP contribution in [0.3, 0.4) is 0 Å². The summed E-state index contributed by atoms with van der Waals surface area (Å²) in [6.45, 7) is 6.56. The highest BCUT2D eigenvalue weighted by Gasteiger charge is 2.31. The fourth-order valence-electron chi connectivity index (χ4n) is 1.91. The van der Waals surface area contributed by atoms with Gasteiger partial charge in [-0.1, -0.05) is 6.92 Å². The number of nitrogens with one attached hydrogen (secondary N) is 1. The minimum absolute atomic E-state index is 0.102. The molecule has 0 saturated carbocycles. The molecule has 1 aromatic carbocycles. The summed E-state index contributed by atoms with van der Waals surface area (Å²) in [5.74, 6) is 0.384. The van der Waals surface area contributed by atoms with Crippen molar-refractivity contribution in [2.24, 2.45) is 5.92 Å². The highest BCUT2D eigenvalue weighted by molar-refractivity contribution is 5.55. The van der Waals surface area contributed by atoms with Gasteiger partial charge >= 0.3 is 0 Å². The molecule has 1 aliphatic heterocycles. The Morgan fingerprint density at radius 1 is 1.43 bits per heavy atom. The Morgan fingerprint density at radius 3 is 2.86 bits per heavy atom. The number of rotatable bonds is 0. The van der Waals surface area contributed by atoms with E-state index in [2.05, 4.69) is 26.1 Å². The molecule has 1 N–H and O–H groups in total. The van der Waals surface area contributed by atoms with Crippen LogP contribution in [0.25, 0.3) is 0 Å². The third-order valence-electron chi connectivity index (χ3n) is 3.28. The summed E-state index contributed by atoms with van der Waals surface area (Å²) in [4.78, 5) is 0. The number of halogens is 1. The Bertz CT molecular complexity index is 357. The third-order valence-corrected chi connectivity index (χ3v) is 3.28. The van der Waals surface area contributed by atoms with Crippen molar-refractivity contribution in [3.05, 3.63) is 29.6 Å². The predicted molar refractivity (Wildman–Crippen MR) is 57.0 cm³/mol. The minimum atomic E-state index is -0.141. The molecular weight excluding hydrogens is 177 g/mol. The molecule has 0 fully saturated rings. The summed E-state index contributed by atoms with van der Waals surface area (Å²) in [5.41, 5.74) is 2.27. The molecular formula is C12H16FN. The lowest BCUT2D eigenvalue weighted by atomic mass is 9.80. The molecule has 1 aliphatic rings. The van der Waals surface area contributed by atoms with Gasteiger partial charge in [0.05, 0.1) is 0 Å². The molecule has 0 saturated heterocycles. The van der Waals surface area contributed by atoms with Crippen molar-refractivity contribution >= 4 is 5.69 Å². The summed E-state index contributed by atoms with van der Waals surface area (Å²) in [6.07, 6.45) is 0.951. The van der Waals surface area contributed by atoms with E-state index in [1.54, 1.807) is 6.07 Å². The van der Waals surface area contributed by atoms with Crippen LogP contribution >= 0.6 is 0 Å². The van der Waals surface area contributed by atoms with Gasteiger partial charge in [0.2, 0.25) is 0 Å². The molecule has 0 amide bonds. The second-order valence-corrected chi connectivity index (χ2v) is 4.75. The predicted octanol–water partition coefficient (Wildman–Crippen LogP) is 3.21. The summed E-state index contributed by atoms with van der Waals surface area (Å²) in [7, 11) is 0. The van der Waals surface area contributed by atoms with Gasteiger partial charge in [0.1, 0.15) is 5.82 Å². The standard InChI is InChI=1S/C12H16FN/c1-8-6-9-7-10(13)4-5-11(9)14-12(8,2)3/h4-5,7-8,14H,6H2,1-3H3. The van der Waals surface area contributed by atoms with Crippen molar-refractivity contribution in [1.82, 2.24) is 0 Å². The van der Waals surface area contributed by atoms with Crippen molar-refractivity contribution in [2.75, 3.05) is 5.32 Å². The molecule has 76 valence electrons. The number of fused-ring (bicyclic) bond motifs is 1. The normalized spacial score (nSPS) is 23.9. The molecule has 1 nitrogen and oxygen atoms in total. The van der Waals surface area contributed by atoms with E-state index in [0.717, 1.165) is 17.7 Å². The zero-order valence-electron chi connectivity index (χ0n) is 8.89. The smallest absolute Gasteiger partial charge is 0.123 e. The Balaban J connectivity index is 2.41. The van der Waals surface area contributed by atoms with E-state index in [1.807, 2.05) is 6.07 Å². The number of hydrogen-bond acceptors (Lipinski definition) is 1. The highest BCUT2D eigenvalue weighted by atomic mass is 19.1. The first kappa shape index (κ1) is 9.50. The average molecular weight is 193 g/mol. The van der Waals surface area contributed by atoms with Gasteiger partial charge in [-0.05, 0) is 49.9 Å². The van der Waals surface area contributed by atoms with Crippen LogP contribution in [-0.2, 0) is 6.42 Å². The monoisotopic (exact) mass is 193 g/mol. The first-order valence-electron chi connectivity index (χ1n) is 5.05. The number of benzene rings is 1. The maximum atomic E-state index is 13.0. The van der Waals surface area contributed by atoms with Crippen molar-refractivity contribution in [3.8, 4) is 0 Å². The lowest BCUT2D eigenvalue weighted by Crippen LogP contribution is -2.42. The fourth-order valence-corrected chi connectivity index (χ4v) is 1.91. The van der Waals surface area contributed by atoms with E-state index in [0.29, 0.717) is 5.92 Å². The van der Waals surface area contributed by atoms with Gasteiger partial charge in [-0.3, -0.25) is 0 Å². The molecule has 1 atom stereocenters. The minimum Gasteiger partial charge on any atom is -0.380 e. The van der Waals surface area contributed by atoms with Gasteiger partial charge in [0, 0.05) is 11.2 Å². The summed E-state index contributed by atoms with van der Waals surface area (Å²) >= 11 is 0. The topological polar surface area (TPSA) is 12.0 Å². The molecule has 0 radical (unpaired) electrons. The Labute approximate surface area is 84.3 Å². The zero-order chi connectivity index (χ0) is 10.3. The average Bonchev–Trinajstić information content (AvgIpc) is 2.08. The van der Waals surface area contributed by atoms with Crippen molar-refractivity contribution in [1.29, 1.82) is 0 Å². The molecule has 2 heteroatoms. The van der Waals surface area contributed by atoms with E-state index >= 15 is 0 Å². The van der Waals surface area contributed by atoms with E-state index in [9.17, 15) is 4.39 Å². The molecule has 0 bridgehead atoms. The Morgan fingerprint density at radius 2 is 2.14 bits per heavy atom. The molecule has 0 aromatic heterocycles. The molecule has 14 heavy (non-hydrogen) atoms. The molecule has 1 heterocycles. The van der Waals surface area contributed by atoms with Crippen LogP contribution in [0.15, 0.2) is 18.2 Å². The van der Waals surface area contributed by atoms with Crippen LogP contribution in [-0.4, -0.2) is 5.54 Å². The molecule has 0 spiro atoms. The van der Waals surface area contributed by atoms with Crippen molar-refractivity contribution in [2.45, 2.75) is 32.7 Å². The van der Waals surface area contributed by atoms with Crippen LogP contribution in [0.4, 0.5) is 10.1 Å². The van der Waals surface area contributed by atoms with Gasteiger partial charge in [-0.25, -0.2) is 4.39 Å². The summed E-state index contributed by atoms with van der Waals surface area (Å²) in [5, 5.41) is 3.45. The first-order chi connectivity index (χ1) is 6.49. The van der Waals surface area contributed by atoms with E-state index in [4.69, 9.17) is 0 Å². The second kappa shape index (κ2) is 2.97. The molecule has 1 aromatic rings.